The molecule has 0 fully saturated rings. The molecule has 1 aromatic carbocycles. The number of ether oxygens (including phenoxy) is 1. The van der Waals surface area contributed by atoms with Gasteiger partial charge in [0.15, 0.2) is 0 Å². The molecule has 0 radical (unpaired) electrons. The minimum absolute atomic E-state index is 0.112. The first-order valence-electron chi connectivity index (χ1n) is 7.69. The molecule has 1 aliphatic rings. The first-order valence-corrected chi connectivity index (χ1v) is 8.06. The number of non-ortho nitro benzene ring substituents is 1. The highest BCUT2D eigenvalue weighted by molar-refractivity contribution is 6.32. The molecule has 0 unspecified atom stereocenters. The van der Waals surface area contributed by atoms with Crippen LogP contribution in [0.5, 0.6) is 0 Å². The van der Waals surface area contributed by atoms with E-state index in [1.165, 1.54) is 18.2 Å². The number of aliphatic hydroxyl groups is 1. The van der Waals surface area contributed by atoms with E-state index in [2.05, 4.69) is 6.58 Å². The van der Waals surface area contributed by atoms with Crippen LogP contribution in [0.15, 0.2) is 72.4 Å². The number of benzene rings is 1. The van der Waals surface area contributed by atoms with Crippen molar-refractivity contribution in [3.63, 3.8) is 0 Å². The van der Waals surface area contributed by atoms with Gasteiger partial charge < -0.3 is 9.84 Å². The molecule has 2 rings (SSSR count). The Kier molecular flexibility index (Phi) is 6.19. The molecule has 0 bridgehead atoms. The van der Waals surface area contributed by atoms with Crippen molar-refractivity contribution in [2.75, 3.05) is 0 Å². The maximum absolute atomic E-state index is 10.9. The number of aliphatic hydroxyl groups excluding tert-OH is 1. The van der Waals surface area contributed by atoms with Crippen molar-refractivity contribution in [2.24, 2.45) is 0 Å². The van der Waals surface area contributed by atoms with Crippen LogP contribution in [0.1, 0.15) is 25.3 Å². The predicted octanol–water partition coefficient (Wildman–Crippen LogP) is 5.86. The first-order chi connectivity index (χ1) is 12.0. The van der Waals surface area contributed by atoms with Gasteiger partial charge in [0.05, 0.1) is 16.2 Å². The van der Waals surface area contributed by atoms with Gasteiger partial charge in [0.1, 0.15) is 11.5 Å². The second-order valence-electron chi connectivity index (χ2n) is 5.28. The van der Waals surface area contributed by atoms with E-state index in [-0.39, 0.29) is 10.7 Å². The van der Waals surface area contributed by atoms with Crippen molar-refractivity contribution in [3.05, 3.63) is 93.1 Å². The maximum atomic E-state index is 10.9. The Hall–Kier alpha value is -2.79. The standard InChI is InChI=1S/C19H18ClNO4/c1-3-19-16(8-6-4-5-7-13(2)25-19)17(12-22)15-10-9-14(21(23)24)11-18(15)20/h4-7,9-12,22H,2-3,8H2,1H3/b6-4-,7-5-,17-12?,19-16+. The third-order valence-corrected chi connectivity index (χ3v) is 3.98. The van der Waals surface area contributed by atoms with Crippen molar-refractivity contribution in [1.29, 1.82) is 0 Å². The molecule has 0 aliphatic carbocycles. The second-order valence-corrected chi connectivity index (χ2v) is 5.69. The number of nitro benzene ring substituents is 1. The largest absolute Gasteiger partial charge is 0.515 e. The zero-order chi connectivity index (χ0) is 18.4. The van der Waals surface area contributed by atoms with Gasteiger partial charge in [-0.25, -0.2) is 0 Å². The Morgan fingerprint density at radius 1 is 1.48 bits per heavy atom. The van der Waals surface area contributed by atoms with Crippen molar-refractivity contribution in [1.82, 2.24) is 0 Å². The summed E-state index contributed by atoms with van der Waals surface area (Å²) in [4.78, 5) is 10.4. The summed E-state index contributed by atoms with van der Waals surface area (Å²) in [5.74, 6) is 1.13. The first kappa shape index (κ1) is 18.5. The number of nitrogens with zero attached hydrogens (tertiary/aromatic N) is 1. The van der Waals surface area contributed by atoms with Gasteiger partial charge in [-0.15, -0.1) is 0 Å². The molecule has 1 N–H and O–H groups in total. The summed E-state index contributed by atoms with van der Waals surface area (Å²) in [6.45, 7) is 5.77. The summed E-state index contributed by atoms with van der Waals surface area (Å²) < 4.78 is 5.79. The Bertz CT molecular complexity index is 819. The van der Waals surface area contributed by atoms with Crippen molar-refractivity contribution in [2.45, 2.75) is 19.8 Å². The Morgan fingerprint density at radius 3 is 2.84 bits per heavy atom. The lowest BCUT2D eigenvalue weighted by Gasteiger charge is -2.17. The SMILES string of the molecule is C=C1/C=C\C=C/C/C(C(=CO)c2ccc([N+](=O)[O-])cc2Cl)=C(/CC)O1. The molecule has 0 saturated heterocycles. The van der Waals surface area contributed by atoms with Gasteiger partial charge in [-0.3, -0.25) is 10.1 Å². The summed E-state index contributed by atoms with van der Waals surface area (Å²) in [7, 11) is 0. The average Bonchev–Trinajstić information content (AvgIpc) is 2.67. The third kappa shape index (κ3) is 4.39. The van der Waals surface area contributed by atoms with Gasteiger partial charge >= 0.3 is 0 Å². The van der Waals surface area contributed by atoms with Gasteiger partial charge in [-0.1, -0.05) is 43.3 Å². The van der Waals surface area contributed by atoms with E-state index in [9.17, 15) is 15.2 Å². The number of nitro groups is 1. The van der Waals surface area contributed by atoms with Crippen molar-refractivity contribution < 1.29 is 14.8 Å². The van der Waals surface area contributed by atoms with E-state index >= 15 is 0 Å². The fourth-order valence-electron chi connectivity index (χ4n) is 2.49. The molecule has 0 spiro atoms. The molecule has 0 amide bonds. The van der Waals surface area contributed by atoms with Gasteiger partial charge in [-0.2, -0.15) is 0 Å². The number of hydrogen-bond acceptors (Lipinski definition) is 4. The van der Waals surface area contributed by atoms with Crippen molar-refractivity contribution >= 4 is 22.9 Å². The molecule has 0 atom stereocenters. The third-order valence-electron chi connectivity index (χ3n) is 3.67. The van der Waals surface area contributed by atoms with Gasteiger partial charge in [0.25, 0.3) is 5.69 Å². The monoisotopic (exact) mass is 359 g/mol. The highest BCUT2D eigenvalue weighted by Gasteiger charge is 2.19. The van der Waals surface area contributed by atoms with Crippen LogP contribution >= 0.6 is 11.6 Å². The van der Waals surface area contributed by atoms with E-state index in [1.807, 2.05) is 25.2 Å². The van der Waals surface area contributed by atoms with Crippen LogP contribution in [-0.4, -0.2) is 10.0 Å². The summed E-state index contributed by atoms with van der Waals surface area (Å²) in [5.41, 5.74) is 1.57. The Morgan fingerprint density at radius 2 is 2.24 bits per heavy atom. The van der Waals surface area contributed by atoms with Crippen LogP contribution in [0.25, 0.3) is 5.57 Å². The highest BCUT2D eigenvalue weighted by Crippen LogP contribution is 2.36. The fraction of sp³-hybridized carbons (Fsp3) is 0.158. The van der Waals surface area contributed by atoms with Crippen LogP contribution in [0, 0.1) is 10.1 Å². The van der Waals surface area contributed by atoms with Gasteiger partial charge in [-0.05, 0) is 18.6 Å². The maximum Gasteiger partial charge on any atom is 0.270 e. The van der Waals surface area contributed by atoms with Crippen LogP contribution in [0.2, 0.25) is 5.02 Å². The summed E-state index contributed by atoms with van der Waals surface area (Å²) in [5, 5.41) is 20.9. The highest BCUT2D eigenvalue weighted by atomic mass is 35.5. The lowest BCUT2D eigenvalue weighted by molar-refractivity contribution is -0.384. The minimum atomic E-state index is -0.518. The van der Waals surface area contributed by atoms with Crippen LogP contribution < -0.4 is 0 Å². The molecular formula is C19H18ClNO4. The number of allylic oxidation sites excluding steroid dienone is 7. The van der Waals surface area contributed by atoms with Crippen molar-refractivity contribution in [3.8, 4) is 0 Å². The number of hydrogen-bond donors (Lipinski definition) is 1. The van der Waals surface area contributed by atoms with E-state index in [0.717, 1.165) is 11.8 Å². The van der Waals surface area contributed by atoms with E-state index in [0.29, 0.717) is 35.5 Å². The van der Waals surface area contributed by atoms with E-state index in [4.69, 9.17) is 16.3 Å². The second kappa shape index (κ2) is 8.35. The van der Waals surface area contributed by atoms with E-state index in [1.54, 1.807) is 6.08 Å². The quantitative estimate of drug-likeness (QED) is 0.415. The number of rotatable bonds is 4. The molecule has 6 heteroatoms. The summed E-state index contributed by atoms with van der Waals surface area (Å²) in [6.07, 6.45) is 9.38. The van der Waals surface area contributed by atoms with Crippen LogP contribution in [0.3, 0.4) is 0 Å². The Labute approximate surface area is 151 Å². The molecule has 130 valence electrons. The molecule has 1 heterocycles. The predicted molar refractivity (Wildman–Crippen MR) is 99.2 cm³/mol. The average molecular weight is 360 g/mol. The number of halogens is 1. The lowest BCUT2D eigenvalue weighted by Crippen LogP contribution is -2.00. The zero-order valence-corrected chi connectivity index (χ0v) is 14.5. The van der Waals surface area contributed by atoms with E-state index < -0.39 is 4.92 Å². The summed E-state index contributed by atoms with van der Waals surface area (Å²) >= 11 is 6.22. The molecule has 5 nitrogen and oxygen atoms in total. The lowest BCUT2D eigenvalue weighted by atomic mass is 9.94. The smallest absolute Gasteiger partial charge is 0.270 e. The minimum Gasteiger partial charge on any atom is -0.515 e. The molecule has 0 aromatic heterocycles. The molecular weight excluding hydrogens is 342 g/mol. The topological polar surface area (TPSA) is 72.6 Å². The summed E-state index contributed by atoms with van der Waals surface area (Å²) in [6, 6.07) is 4.13. The van der Waals surface area contributed by atoms with Gasteiger partial charge in [0.2, 0.25) is 0 Å². The van der Waals surface area contributed by atoms with Crippen LogP contribution in [-0.2, 0) is 4.74 Å². The Balaban J connectivity index is 2.56. The van der Waals surface area contributed by atoms with Gasteiger partial charge in [0, 0.05) is 35.3 Å². The molecule has 1 aliphatic heterocycles. The molecule has 1 aromatic rings. The van der Waals surface area contributed by atoms with Crippen LogP contribution in [0.4, 0.5) is 5.69 Å². The molecule has 25 heavy (non-hydrogen) atoms. The fourth-order valence-corrected chi connectivity index (χ4v) is 2.76. The zero-order valence-electron chi connectivity index (χ0n) is 13.7. The molecule has 0 saturated carbocycles. The normalized spacial score (nSPS) is 20.9.